The van der Waals surface area contributed by atoms with Crippen LogP contribution in [0.2, 0.25) is 0 Å². The summed E-state index contributed by atoms with van der Waals surface area (Å²) in [7, 11) is 0. The lowest BCUT2D eigenvalue weighted by atomic mass is 10.3. The zero-order valence-electron chi connectivity index (χ0n) is 10.9. The molecule has 7 heteroatoms. The number of esters is 1. The Kier molecular flexibility index (Phi) is 5.17. The highest BCUT2D eigenvalue weighted by Gasteiger charge is 2.16. The van der Waals surface area contributed by atoms with Gasteiger partial charge < -0.3 is 10.1 Å². The van der Waals surface area contributed by atoms with Crippen molar-refractivity contribution in [3.63, 3.8) is 0 Å². The van der Waals surface area contributed by atoms with E-state index in [1.165, 1.54) is 11.3 Å². The maximum atomic E-state index is 11.7. The van der Waals surface area contributed by atoms with E-state index in [1.54, 1.807) is 6.92 Å². The summed E-state index contributed by atoms with van der Waals surface area (Å²) in [6, 6.07) is 5.80. The van der Waals surface area contributed by atoms with Gasteiger partial charge in [0.15, 0.2) is 10.8 Å². The van der Waals surface area contributed by atoms with Gasteiger partial charge in [-0.2, -0.15) is 0 Å². The Bertz CT molecular complexity index is 643. The molecule has 2 aromatic rings. The molecule has 0 aliphatic carbocycles. The number of carbonyl (C=O) groups excluding carboxylic acids is 1. The first-order valence-electron chi connectivity index (χ1n) is 5.88. The molecule has 1 heterocycles. The molecule has 0 unspecified atom stereocenters. The lowest BCUT2D eigenvalue weighted by Gasteiger charge is -2.05. The van der Waals surface area contributed by atoms with Crippen LogP contribution in [-0.2, 0) is 4.74 Å². The second-order valence-corrected chi connectivity index (χ2v) is 6.87. The van der Waals surface area contributed by atoms with Crippen LogP contribution < -0.4 is 5.32 Å². The number of nitrogens with one attached hydrogen (secondary N) is 1. The molecule has 0 bridgehead atoms. The molecule has 1 aromatic carbocycles. The van der Waals surface area contributed by atoms with Crippen LogP contribution in [0.5, 0.6) is 0 Å². The third-order valence-electron chi connectivity index (χ3n) is 2.44. The minimum atomic E-state index is -0.386. The molecule has 0 amide bonds. The van der Waals surface area contributed by atoms with Crippen molar-refractivity contribution in [2.45, 2.75) is 13.8 Å². The van der Waals surface area contributed by atoms with Gasteiger partial charge in [-0.3, -0.25) is 0 Å². The molecule has 2 rings (SSSR count). The Hall–Kier alpha value is -0.920. The summed E-state index contributed by atoms with van der Waals surface area (Å²) in [6.45, 7) is 3.97. The SMILES string of the molecule is CCOC(=O)c1nc(Nc2cc(Br)ccc2Br)sc1C. The number of anilines is 2. The Morgan fingerprint density at radius 1 is 1.45 bits per heavy atom. The molecule has 0 aliphatic heterocycles. The first-order chi connectivity index (χ1) is 9.51. The summed E-state index contributed by atoms with van der Waals surface area (Å²) in [5.41, 5.74) is 1.24. The van der Waals surface area contributed by atoms with Crippen molar-refractivity contribution in [1.29, 1.82) is 0 Å². The average Bonchev–Trinajstić information content (AvgIpc) is 2.75. The van der Waals surface area contributed by atoms with Crippen LogP contribution in [0.4, 0.5) is 10.8 Å². The second-order valence-electron chi connectivity index (χ2n) is 3.89. The van der Waals surface area contributed by atoms with Gasteiger partial charge in [-0.05, 0) is 48.0 Å². The first kappa shape index (κ1) is 15.5. The predicted molar refractivity (Wildman–Crippen MR) is 87.9 cm³/mol. The number of halogens is 2. The normalized spacial score (nSPS) is 10.4. The van der Waals surface area contributed by atoms with Gasteiger partial charge >= 0.3 is 5.97 Å². The molecule has 0 saturated carbocycles. The molecule has 0 radical (unpaired) electrons. The summed E-state index contributed by atoms with van der Waals surface area (Å²) >= 11 is 8.31. The van der Waals surface area contributed by atoms with E-state index in [0.29, 0.717) is 17.4 Å². The predicted octanol–water partition coefficient (Wildman–Crippen LogP) is 4.90. The number of ether oxygens (including phenoxy) is 1. The van der Waals surface area contributed by atoms with Gasteiger partial charge in [0.05, 0.1) is 12.3 Å². The Balaban J connectivity index is 2.24. The van der Waals surface area contributed by atoms with Crippen LogP contribution >= 0.6 is 43.2 Å². The highest BCUT2D eigenvalue weighted by molar-refractivity contribution is 9.11. The van der Waals surface area contributed by atoms with Gasteiger partial charge in [0.2, 0.25) is 0 Å². The highest BCUT2D eigenvalue weighted by Crippen LogP contribution is 2.31. The lowest BCUT2D eigenvalue weighted by Crippen LogP contribution is -2.06. The summed E-state index contributed by atoms with van der Waals surface area (Å²) in [4.78, 5) is 16.9. The van der Waals surface area contributed by atoms with Crippen molar-refractivity contribution in [2.24, 2.45) is 0 Å². The van der Waals surface area contributed by atoms with E-state index in [9.17, 15) is 4.79 Å². The van der Waals surface area contributed by atoms with E-state index in [4.69, 9.17) is 4.74 Å². The van der Waals surface area contributed by atoms with Crippen LogP contribution in [0.1, 0.15) is 22.3 Å². The standard InChI is InChI=1S/C13H12Br2N2O2S/c1-3-19-12(18)11-7(2)20-13(17-11)16-10-6-8(14)4-5-9(10)15/h4-6H,3H2,1-2H3,(H,16,17). The summed E-state index contributed by atoms with van der Waals surface area (Å²) in [5, 5.41) is 3.85. The third kappa shape index (κ3) is 3.59. The second kappa shape index (κ2) is 6.69. The van der Waals surface area contributed by atoms with Gasteiger partial charge in [-0.1, -0.05) is 15.9 Å². The molecular formula is C13H12Br2N2O2S. The maximum absolute atomic E-state index is 11.7. The van der Waals surface area contributed by atoms with Crippen LogP contribution in [0.15, 0.2) is 27.1 Å². The lowest BCUT2D eigenvalue weighted by molar-refractivity contribution is 0.0519. The molecule has 0 aliphatic rings. The molecular weight excluding hydrogens is 408 g/mol. The quantitative estimate of drug-likeness (QED) is 0.716. The molecule has 20 heavy (non-hydrogen) atoms. The van der Waals surface area contributed by atoms with Crippen molar-refractivity contribution in [3.05, 3.63) is 37.7 Å². The zero-order valence-corrected chi connectivity index (χ0v) is 14.9. The van der Waals surface area contributed by atoms with E-state index < -0.39 is 0 Å². The molecule has 0 atom stereocenters. The fraction of sp³-hybridized carbons (Fsp3) is 0.231. The number of hydrogen-bond acceptors (Lipinski definition) is 5. The number of carbonyl (C=O) groups is 1. The van der Waals surface area contributed by atoms with E-state index >= 15 is 0 Å². The number of nitrogens with zero attached hydrogens (tertiary/aromatic N) is 1. The van der Waals surface area contributed by atoms with Crippen LogP contribution in [0, 0.1) is 6.92 Å². The van der Waals surface area contributed by atoms with Crippen LogP contribution in [-0.4, -0.2) is 17.6 Å². The third-order valence-corrected chi connectivity index (χ3v) is 4.51. The van der Waals surface area contributed by atoms with Crippen molar-refractivity contribution in [3.8, 4) is 0 Å². The Labute approximate surface area is 137 Å². The van der Waals surface area contributed by atoms with Gasteiger partial charge in [0.1, 0.15) is 0 Å². The summed E-state index contributed by atoms with van der Waals surface area (Å²) in [6.07, 6.45) is 0. The van der Waals surface area contributed by atoms with E-state index in [1.807, 2.05) is 25.1 Å². The number of aryl methyl sites for hydroxylation is 1. The van der Waals surface area contributed by atoms with E-state index in [0.717, 1.165) is 19.5 Å². The minimum absolute atomic E-state index is 0.343. The molecule has 0 fully saturated rings. The largest absolute Gasteiger partial charge is 0.461 e. The molecule has 1 aromatic heterocycles. The van der Waals surface area contributed by atoms with Gasteiger partial charge in [-0.25, -0.2) is 9.78 Å². The van der Waals surface area contributed by atoms with Crippen molar-refractivity contribution < 1.29 is 9.53 Å². The van der Waals surface area contributed by atoms with E-state index in [2.05, 4.69) is 42.2 Å². The first-order valence-corrected chi connectivity index (χ1v) is 8.28. The number of aromatic nitrogens is 1. The summed E-state index contributed by atoms with van der Waals surface area (Å²) < 4.78 is 6.86. The number of benzene rings is 1. The summed E-state index contributed by atoms with van der Waals surface area (Å²) in [5.74, 6) is -0.386. The van der Waals surface area contributed by atoms with Crippen molar-refractivity contribution in [1.82, 2.24) is 4.98 Å². The van der Waals surface area contributed by atoms with Crippen LogP contribution in [0.3, 0.4) is 0 Å². The molecule has 1 N–H and O–H groups in total. The molecule has 0 spiro atoms. The Morgan fingerprint density at radius 3 is 2.90 bits per heavy atom. The molecule has 0 saturated heterocycles. The van der Waals surface area contributed by atoms with Gasteiger partial charge in [0, 0.05) is 13.8 Å². The monoisotopic (exact) mass is 418 g/mol. The van der Waals surface area contributed by atoms with Gasteiger partial charge in [-0.15, -0.1) is 11.3 Å². The van der Waals surface area contributed by atoms with Crippen molar-refractivity contribution >= 4 is 60.0 Å². The topological polar surface area (TPSA) is 51.2 Å². The number of rotatable bonds is 4. The van der Waals surface area contributed by atoms with Gasteiger partial charge in [0.25, 0.3) is 0 Å². The zero-order chi connectivity index (χ0) is 14.7. The Morgan fingerprint density at radius 2 is 2.20 bits per heavy atom. The fourth-order valence-electron chi connectivity index (χ4n) is 1.55. The minimum Gasteiger partial charge on any atom is -0.461 e. The average molecular weight is 420 g/mol. The highest BCUT2D eigenvalue weighted by atomic mass is 79.9. The van der Waals surface area contributed by atoms with E-state index in [-0.39, 0.29) is 5.97 Å². The smallest absolute Gasteiger partial charge is 0.358 e. The fourth-order valence-corrected chi connectivity index (χ4v) is 3.07. The maximum Gasteiger partial charge on any atom is 0.358 e. The number of thiazole rings is 1. The number of hydrogen-bond donors (Lipinski definition) is 1. The van der Waals surface area contributed by atoms with Crippen LogP contribution in [0.25, 0.3) is 0 Å². The molecule has 4 nitrogen and oxygen atoms in total. The van der Waals surface area contributed by atoms with Crippen molar-refractivity contribution in [2.75, 3.05) is 11.9 Å². The molecule has 106 valence electrons.